The van der Waals surface area contributed by atoms with Crippen molar-refractivity contribution in [3.63, 3.8) is 0 Å². The Bertz CT molecular complexity index is 552. The number of rotatable bonds is 5. The second-order valence-electron chi connectivity index (χ2n) is 5.03. The molecule has 0 aromatic heterocycles. The van der Waals surface area contributed by atoms with Crippen LogP contribution in [-0.4, -0.2) is 6.54 Å². The van der Waals surface area contributed by atoms with E-state index in [0.29, 0.717) is 0 Å². The van der Waals surface area contributed by atoms with E-state index in [2.05, 4.69) is 5.32 Å². The van der Waals surface area contributed by atoms with Crippen LogP contribution in [0, 0.1) is 6.92 Å². The third-order valence-electron chi connectivity index (χ3n) is 3.48. The van der Waals surface area contributed by atoms with Crippen molar-refractivity contribution in [2.45, 2.75) is 25.8 Å². The number of nitrogens with one attached hydrogen (secondary N) is 1. The molecule has 0 saturated carbocycles. The van der Waals surface area contributed by atoms with E-state index in [1.165, 1.54) is 12.1 Å². The van der Waals surface area contributed by atoms with Gasteiger partial charge in [-0.25, -0.2) is 0 Å². The van der Waals surface area contributed by atoms with Crippen molar-refractivity contribution in [3.05, 3.63) is 71.3 Å². The second kappa shape index (κ2) is 6.14. The standard InChI is InChI=1S/C17H19F2N/c1-13-8-6-7-11-16(13)14(2)20-12-17(18,19)15-9-4-3-5-10-15/h3-11,14,20H,12H2,1-2H3/t14-/m0/s1. The summed E-state index contributed by atoms with van der Waals surface area (Å²) < 4.78 is 28.1. The summed E-state index contributed by atoms with van der Waals surface area (Å²) in [6.45, 7) is 3.53. The van der Waals surface area contributed by atoms with Gasteiger partial charge < -0.3 is 5.32 Å². The van der Waals surface area contributed by atoms with Crippen LogP contribution in [0.25, 0.3) is 0 Å². The Morgan fingerprint density at radius 2 is 1.60 bits per heavy atom. The number of benzene rings is 2. The zero-order valence-corrected chi connectivity index (χ0v) is 11.7. The van der Waals surface area contributed by atoms with Crippen LogP contribution in [0.5, 0.6) is 0 Å². The summed E-state index contributed by atoms with van der Waals surface area (Å²) in [7, 11) is 0. The number of halogens is 2. The predicted octanol–water partition coefficient (Wildman–Crippen LogP) is 4.44. The van der Waals surface area contributed by atoms with Crippen LogP contribution in [0.4, 0.5) is 8.78 Å². The highest BCUT2D eigenvalue weighted by Gasteiger charge is 2.31. The summed E-state index contributed by atoms with van der Waals surface area (Å²) in [5.74, 6) is -2.86. The van der Waals surface area contributed by atoms with Crippen LogP contribution in [0.1, 0.15) is 29.7 Å². The summed E-state index contributed by atoms with van der Waals surface area (Å²) >= 11 is 0. The Kier molecular flexibility index (Phi) is 4.50. The molecule has 0 aliphatic carbocycles. The minimum Gasteiger partial charge on any atom is -0.304 e. The molecule has 0 saturated heterocycles. The van der Waals surface area contributed by atoms with Crippen molar-refractivity contribution < 1.29 is 8.78 Å². The lowest BCUT2D eigenvalue weighted by molar-refractivity contribution is -0.00535. The topological polar surface area (TPSA) is 12.0 Å². The maximum absolute atomic E-state index is 14.1. The van der Waals surface area contributed by atoms with Crippen LogP contribution < -0.4 is 5.32 Å². The molecular formula is C17H19F2N. The molecule has 1 N–H and O–H groups in total. The van der Waals surface area contributed by atoms with E-state index in [1.54, 1.807) is 18.2 Å². The fourth-order valence-electron chi connectivity index (χ4n) is 2.25. The molecule has 0 amide bonds. The van der Waals surface area contributed by atoms with Crippen molar-refractivity contribution in [1.82, 2.24) is 5.32 Å². The molecule has 0 heterocycles. The van der Waals surface area contributed by atoms with Crippen molar-refractivity contribution in [2.24, 2.45) is 0 Å². The molecule has 2 aromatic carbocycles. The molecular weight excluding hydrogens is 256 g/mol. The van der Waals surface area contributed by atoms with E-state index in [1.807, 2.05) is 38.1 Å². The van der Waals surface area contributed by atoms with Crippen molar-refractivity contribution in [2.75, 3.05) is 6.54 Å². The maximum atomic E-state index is 14.1. The third-order valence-corrected chi connectivity index (χ3v) is 3.48. The number of aryl methyl sites for hydroxylation is 1. The largest absolute Gasteiger partial charge is 0.304 e. The Morgan fingerprint density at radius 1 is 1.00 bits per heavy atom. The van der Waals surface area contributed by atoms with Crippen LogP contribution in [0.3, 0.4) is 0 Å². The summed E-state index contributed by atoms with van der Waals surface area (Å²) in [4.78, 5) is 0. The minimum atomic E-state index is -2.86. The van der Waals surface area contributed by atoms with E-state index >= 15 is 0 Å². The first kappa shape index (κ1) is 14.7. The molecule has 2 rings (SSSR count). The maximum Gasteiger partial charge on any atom is 0.285 e. The molecule has 0 bridgehead atoms. The van der Waals surface area contributed by atoms with Crippen LogP contribution >= 0.6 is 0 Å². The normalized spacial score (nSPS) is 13.2. The molecule has 1 nitrogen and oxygen atoms in total. The van der Waals surface area contributed by atoms with Gasteiger partial charge in [0.15, 0.2) is 0 Å². The Morgan fingerprint density at radius 3 is 2.25 bits per heavy atom. The zero-order chi connectivity index (χ0) is 14.6. The summed E-state index contributed by atoms with van der Waals surface area (Å²) in [6.07, 6.45) is 0. The summed E-state index contributed by atoms with van der Waals surface area (Å²) in [5.41, 5.74) is 2.20. The van der Waals surface area contributed by atoms with Gasteiger partial charge in [0.25, 0.3) is 5.92 Å². The fourth-order valence-corrected chi connectivity index (χ4v) is 2.25. The lowest BCUT2D eigenvalue weighted by Gasteiger charge is -2.22. The van der Waals surface area contributed by atoms with Gasteiger partial charge in [0.1, 0.15) is 0 Å². The predicted molar refractivity (Wildman–Crippen MR) is 77.9 cm³/mol. The zero-order valence-electron chi connectivity index (χ0n) is 11.7. The molecule has 0 fully saturated rings. The van der Waals surface area contributed by atoms with E-state index in [0.717, 1.165) is 11.1 Å². The molecule has 0 unspecified atom stereocenters. The minimum absolute atomic E-state index is 0.0458. The molecule has 0 radical (unpaired) electrons. The third kappa shape index (κ3) is 3.42. The smallest absolute Gasteiger partial charge is 0.285 e. The fraction of sp³-hybridized carbons (Fsp3) is 0.294. The number of alkyl halides is 2. The lowest BCUT2D eigenvalue weighted by atomic mass is 10.0. The monoisotopic (exact) mass is 275 g/mol. The molecule has 106 valence electrons. The van der Waals surface area contributed by atoms with Gasteiger partial charge >= 0.3 is 0 Å². The molecule has 20 heavy (non-hydrogen) atoms. The first-order valence-electron chi connectivity index (χ1n) is 6.73. The molecule has 0 aliphatic heterocycles. The highest BCUT2D eigenvalue weighted by Crippen LogP contribution is 2.28. The molecule has 0 spiro atoms. The molecule has 2 aromatic rings. The number of hydrogen-bond donors (Lipinski definition) is 1. The van der Waals surface area contributed by atoms with Gasteiger partial charge in [0, 0.05) is 11.6 Å². The molecule has 0 aliphatic rings. The number of hydrogen-bond acceptors (Lipinski definition) is 1. The molecule has 1 atom stereocenters. The Balaban J connectivity index is 2.03. The first-order chi connectivity index (χ1) is 9.50. The average molecular weight is 275 g/mol. The summed E-state index contributed by atoms with van der Waals surface area (Å²) in [5, 5.41) is 2.93. The quantitative estimate of drug-likeness (QED) is 0.850. The van der Waals surface area contributed by atoms with Crippen LogP contribution in [0.2, 0.25) is 0 Å². The van der Waals surface area contributed by atoms with Gasteiger partial charge in [0.05, 0.1) is 6.54 Å². The average Bonchev–Trinajstić information content (AvgIpc) is 2.46. The second-order valence-corrected chi connectivity index (χ2v) is 5.03. The lowest BCUT2D eigenvalue weighted by Crippen LogP contribution is -2.32. The van der Waals surface area contributed by atoms with Gasteiger partial charge in [-0.05, 0) is 25.0 Å². The van der Waals surface area contributed by atoms with E-state index in [9.17, 15) is 8.78 Å². The summed E-state index contributed by atoms with van der Waals surface area (Å²) in [6, 6.07) is 15.6. The van der Waals surface area contributed by atoms with E-state index in [-0.39, 0.29) is 18.2 Å². The van der Waals surface area contributed by atoms with Crippen molar-refractivity contribution in [1.29, 1.82) is 0 Å². The van der Waals surface area contributed by atoms with Crippen molar-refractivity contribution in [3.8, 4) is 0 Å². The first-order valence-corrected chi connectivity index (χ1v) is 6.73. The highest BCUT2D eigenvalue weighted by atomic mass is 19.3. The molecule has 3 heteroatoms. The van der Waals surface area contributed by atoms with Gasteiger partial charge in [-0.1, -0.05) is 54.6 Å². The van der Waals surface area contributed by atoms with Gasteiger partial charge in [0.2, 0.25) is 0 Å². The van der Waals surface area contributed by atoms with Crippen LogP contribution in [-0.2, 0) is 5.92 Å². The SMILES string of the molecule is Cc1ccccc1[C@H](C)NCC(F)(F)c1ccccc1. The Labute approximate surface area is 118 Å². The van der Waals surface area contributed by atoms with Crippen molar-refractivity contribution >= 4 is 0 Å². The highest BCUT2D eigenvalue weighted by molar-refractivity contribution is 5.28. The van der Waals surface area contributed by atoms with E-state index in [4.69, 9.17) is 0 Å². The van der Waals surface area contributed by atoms with Gasteiger partial charge in [-0.3, -0.25) is 0 Å². The van der Waals surface area contributed by atoms with Crippen LogP contribution in [0.15, 0.2) is 54.6 Å². The Hall–Kier alpha value is -1.74. The van der Waals surface area contributed by atoms with Gasteiger partial charge in [-0.2, -0.15) is 8.78 Å². The van der Waals surface area contributed by atoms with E-state index < -0.39 is 5.92 Å². The van der Waals surface area contributed by atoms with Gasteiger partial charge in [-0.15, -0.1) is 0 Å².